The molecule has 0 spiro atoms. The van der Waals surface area contributed by atoms with E-state index in [1.54, 1.807) is 0 Å². The SMILES string of the molecule is CCCCC(O)NC(=O)[C@@H](N)C(C)C. The zero-order valence-corrected chi connectivity index (χ0v) is 9.29. The van der Waals surface area contributed by atoms with Gasteiger partial charge in [0.25, 0.3) is 0 Å². The van der Waals surface area contributed by atoms with Crippen molar-refractivity contribution in [1.82, 2.24) is 5.32 Å². The Morgan fingerprint density at radius 2 is 2.07 bits per heavy atom. The highest BCUT2D eigenvalue weighted by Gasteiger charge is 2.18. The number of amides is 1. The van der Waals surface area contributed by atoms with Gasteiger partial charge in [-0.15, -0.1) is 0 Å². The van der Waals surface area contributed by atoms with Gasteiger partial charge in [-0.05, 0) is 18.8 Å². The number of nitrogens with one attached hydrogen (secondary N) is 1. The summed E-state index contributed by atoms with van der Waals surface area (Å²) >= 11 is 0. The van der Waals surface area contributed by atoms with Crippen LogP contribution >= 0.6 is 0 Å². The number of hydrogen-bond donors (Lipinski definition) is 3. The lowest BCUT2D eigenvalue weighted by Gasteiger charge is -2.18. The average Bonchev–Trinajstić information content (AvgIpc) is 2.13. The first-order chi connectivity index (χ1) is 6.49. The van der Waals surface area contributed by atoms with Crippen molar-refractivity contribution >= 4 is 5.91 Å². The number of unbranched alkanes of at least 4 members (excludes halogenated alkanes) is 1. The van der Waals surface area contributed by atoms with E-state index in [9.17, 15) is 9.90 Å². The van der Waals surface area contributed by atoms with E-state index in [4.69, 9.17) is 5.73 Å². The van der Waals surface area contributed by atoms with Crippen molar-refractivity contribution in [2.24, 2.45) is 11.7 Å². The summed E-state index contributed by atoms with van der Waals surface area (Å²) in [4.78, 5) is 11.4. The molecule has 0 radical (unpaired) electrons. The molecule has 0 rings (SSSR count). The maximum Gasteiger partial charge on any atom is 0.239 e. The van der Waals surface area contributed by atoms with E-state index in [0.29, 0.717) is 6.42 Å². The second-order valence-corrected chi connectivity index (χ2v) is 3.94. The normalized spacial score (nSPS) is 15.3. The molecule has 0 aliphatic rings. The molecule has 0 aliphatic carbocycles. The Kier molecular flexibility index (Phi) is 6.49. The van der Waals surface area contributed by atoms with Crippen molar-refractivity contribution < 1.29 is 9.90 Å². The van der Waals surface area contributed by atoms with E-state index in [2.05, 4.69) is 5.32 Å². The van der Waals surface area contributed by atoms with Gasteiger partial charge in [0.1, 0.15) is 6.23 Å². The molecule has 0 saturated heterocycles. The molecule has 4 nitrogen and oxygen atoms in total. The van der Waals surface area contributed by atoms with Crippen molar-refractivity contribution in [3.05, 3.63) is 0 Å². The molecule has 84 valence electrons. The fourth-order valence-corrected chi connectivity index (χ4v) is 1.03. The molecule has 0 bridgehead atoms. The average molecular weight is 202 g/mol. The van der Waals surface area contributed by atoms with Crippen molar-refractivity contribution in [3.8, 4) is 0 Å². The summed E-state index contributed by atoms with van der Waals surface area (Å²) in [5.41, 5.74) is 5.61. The van der Waals surface area contributed by atoms with Crippen LogP contribution in [0.2, 0.25) is 0 Å². The number of hydrogen-bond acceptors (Lipinski definition) is 3. The Morgan fingerprint density at radius 1 is 1.50 bits per heavy atom. The highest BCUT2D eigenvalue weighted by Crippen LogP contribution is 2.01. The predicted octanol–water partition coefficient (Wildman–Crippen LogP) is 0.594. The lowest BCUT2D eigenvalue weighted by atomic mass is 10.0. The van der Waals surface area contributed by atoms with Crippen molar-refractivity contribution in [3.63, 3.8) is 0 Å². The molecule has 0 fully saturated rings. The number of rotatable bonds is 6. The van der Waals surface area contributed by atoms with Gasteiger partial charge in [0.05, 0.1) is 6.04 Å². The molecule has 0 aromatic rings. The summed E-state index contributed by atoms with van der Waals surface area (Å²) < 4.78 is 0. The smallest absolute Gasteiger partial charge is 0.239 e. The molecule has 0 saturated carbocycles. The van der Waals surface area contributed by atoms with Crippen LogP contribution in [0.3, 0.4) is 0 Å². The number of aliphatic hydroxyl groups is 1. The minimum Gasteiger partial charge on any atom is -0.374 e. The van der Waals surface area contributed by atoms with E-state index in [1.807, 2.05) is 20.8 Å². The van der Waals surface area contributed by atoms with Crippen LogP contribution in [0.1, 0.15) is 40.0 Å². The highest BCUT2D eigenvalue weighted by molar-refractivity contribution is 5.81. The monoisotopic (exact) mass is 202 g/mol. The number of aliphatic hydroxyl groups excluding tert-OH is 1. The lowest BCUT2D eigenvalue weighted by Crippen LogP contribution is -2.47. The highest BCUT2D eigenvalue weighted by atomic mass is 16.3. The van der Waals surface area contributed by atoms with Gasteiger partial charge in [0.15, 0.2) is 0 Å². The molecule has 4 N–H and O–H groups in total. The number of nitrogens with two attached hydrogens (primary N) is 1. The maximum absolute atomic E-state index is 11.4. The van der Waals surface area contributed by atoms with Crippen molar-refractivity contribution in [1.29, 1.82) is 0 Å². The zero-order valence-electron chi connectivity index (χ0n) is 9.29. The third-order valence-electron chi connectivity index (χ3n) is 2.16. The lowest BCUT2D eigenvalue weighted by molar-refractivity contribution is -0.126. The Balaban J connectivity index is 3.81. The minimum atomic E-state index is -0.757. The van der Waals surface area contributed by atoms with Crippen LogP contribution in [0.15, 0.2) is 0 Å². The summed E-state index contributed by atoms with van der Waals surface area (Å²) in [6.07, 6.45) is 1.74. The first-order valence-electron chi connectivity index (χ1n) is 5.23. The molecule has 4 heteroatoms. The van der Waals surface area contributed by atoms with Gasteiger partial charge < -0.3 is 16.2 Å². The summed E-state index contributed by atoms with van der Waals surface area (Å²) in [5.74, 6) is -0.183. The summed E-state index contributed by atoms with van der Waals surface area (Å²) in [6.45, 7) is 5.79. The van der Waals surface area contributed by atoms with Crippen LogP contribution in [-0.2, 0) is 4.79 Å². The topological polar surface area (TPSA) is 75.3 Å². The van der Waals surface area contributed by atoms with Crippen LogP contribution in [0, 0.1) is 5.92 Å². The standard InChI is InChI=1S/C10H22N2O2/c1-4-5-6-8(13)12-10(14)9(11)7(2)3/h7-9,13H,4-6,11H2,1-3H3,(H,12,14)/t8?,9-/m0/s1. The first kappa shape index (κ1) is 13.4. The molecule has 1 unspecified atom stereocenters. The Hall–Kier alpha value is -0.610. The van der Waals surface area contributed by atoms with Crippen LogP contribution in [0.5, 0.6) is 0 Å². The molecule has 2 atom stereocenters. The Morgan fingerprint density at radius 3 is 2.50 bits per heavy atom. The fraction of sp³-hybridized carbons (Fsp3) is 0.900. The van der Waals surface area contributed by atoms with Gasteiger partial charge in [0, 0.05) is 0 Å². The molecule has 1 amide bonds. The molecular formula is C10H22N2O2. The van der Waals surface area contributed by atoms with E-state index in [-0.39, 0.29) is 11.8 Å². The first-order valence-corrected chi connectivity index (χ1v) is 5.23. The second-order valence-electron chi connectivity index (χ2n) is 3.94. The quantitative estimate of drug-likeness (QED) is 0.552. The van der Waals surface area contributed by atoms with E-state index < -0.39 is 12.3 Å². The minimum absolute atomic E-state index is 0.0911. The van der Waals surface area contributed by atoms with Crippen LogP contribution in [-0.4, -0.2) is 23.3 Å². The van der Waals surface area contributed by atoms with Crippen LogP contribution in [0.4, 0.5) is 0 Å². The van der Waals surface area contributed by atoms with E-state index in [1.165, 1.54) is 0 Å². The van der Waals surface area contributed by atoms with Crippen molar-refractivity contribution in [2.45, 2.75) is 52.3 Å². The molecule has 14 heavy (non-hydrogen) atoms. The van der Waals surface area contributed by atoms with Gasteiger partial charge >= 0.3 is 0 Å². The van der Waals surface area contributed by atoms with Gasteiger partial charge in [-0.1, -0.05) is 27.2 Å². The maximum atomic E-state index is 11.4. The van der Waals surface area contributed by atoms with Gasteiger partial charge in [-0.25, -0.2) is 0 Å². The Labute approximate surface area is 85.9 Å². The number of carbonyl (C=O) groups is 1. The molecule has 0 heterocycles. The molecule has 0 aromatic heterocycles. The van der Waals surface area contributed by atoms with E-state index >= 15 is 0 Å². The molecule has 0 aromatic carbocycles. The van der Waals surface area contributed by atoms with Crippen LogP contribution < -0.4 is 11.1 Å². The third-order valence-corrected chi connectivity index (χ3v) is 2.16. The zero-order chi connectivity index (χ0) is 11.1. The van der Waals surface area contributed by atoms with Crippen LogP contribution in [0.25, 0.3) is 0 Å². The largest absolute Gasteiger partial charge is 0.374 e. The van der Waals surface area contributed by atoms with Crippen molar-refractivity contribution in [2.75, 3.05) is 0 Å². The van der Waals surface area contributed by atoms with Gasteiger partial charge in [0.2, 0.25) is 5.91 Å². The third kappa shape index (κ3) is 5.19. The summed E-state index contributed by atoms with van der Waals surface area (Å²) in [5, 5.41) is 11.9. The fourth-order valence-electron chi connectivity index (χ4n) is 1.03. The second kappa shape index (κ2) is 6.79. The summed E-state index contributed by atoms with van der Waals surface area (Å²) in [6, 6.07) is -0.536. The van der Waals surface area contributed by atoms with Gasteiger partial charge in [-0.2, -0.15) is 0 Å². The number of carbonyl (C=O) groups excluding carboxylic acids is 1. The molecule has 0 aliphatic heterocycles. The summed E-state index contributed by atoms with van der Waals surface area (Å²) in [7, 11) is 0. The molecular weight excluding hydrogens is 180 g/mol. The van der Waals surface area contributed by atoms with Gasteiger partial charge in [-0.3, -0.25) is 4.79 Å². The van der Waals surface area contributed by atoms with E-state index in [0.717, 1.165) is 12.8 Å². The predicted molar refractivity (Wildman–Crippen MR) is 56.5 cm³/mol. The Bertz CT molecular complexity index is 172.